The summed E-state index contributed by atoms with van der Waals surface area (Å²) in [4.78, 5) is 19.4. The molecule has 0 aliphatic carbocycles. The number of nitrogens with zero attached hydrogens (tertiary/aromatic N) is 3. The van der Waals surface area contributed by atoms with E-state index in [0.29, 0.717) is 18.1 Å². The summed E-state index contributed by atoms with van der Waals surface area (Å²) in [5.41, 5.74) is 1.01. The fourth-order valence-corrected chi connectivity index (χ4v) is 3.28. The monoisotopic (exact) mass is 511 g/mol. The maximum atomic E-state index is 13.1. The summed E-state index contributed by atoms with van der Waals surface area (Å²) in [5.74, 6) is -0.529. The number of aromatic nitrogens is 2. The number of imidazole rings is 1. The molecule has 2 aromatic carbocycles. The van der Waals surface area contributed by atoms with Crippen LogP contribution in [0.1, 0.15) is 16.1 Å². The number of anilines is 1. The molecule has 188 valence electrons. The summed E-state index contributed by atoms with van der Waals surface area (Å²) in [7, 11) is 5.38. The standard InChI is InChI=1S/C23H25ClF3N5O3/c1-28-20-19(21(33)29-11-12-31(2)3)32(14-15-7-9-16(24)10-8-15)22(30-20)34-17-5-4-6-18(13-17)35-23(25,26)27/h4-10,13,28H,11-12,14H2,1-3H3,(H,29,33). The molecule has 0 saturated heterocycles. The number of halogens is 4. The first kappa shape index (κ1) is 26.2. The first-order valence-corrected chi connectivity index (χ1v) is 10.9. The van der Waals surface area contributed by atoms with E-state index in [-0.39, 0.29) is 35.7 Å². The molecule has 0 saturated carbocycles. The van der Waals surface area contributed by atoms with Crippen LogP contribution in [0.4, 0.5) is 19.0 Å². The number of nitrogens with one attached hydrogen (secondary N) is 2. The van der Waals surface area contributed by atoms with Gasteiger partial charge in [0, 0.05) is 31.2 Å². The number of carbonyl (C=O) groups excluding carboxylic acids is 1. The van der Waals surface area contributed by atoms with E-state index in [0.717, 1.165) is 17.7 Å². The highest BCUT2D eigenvalue weighted by Gasteiger charge is 2.31. The Morgan fingerprint density at radius 3 is 2.46 bits per heavy atom. The van der Waals surface area contributed by atoms with Gasteiger partial charge in [-0.2, -0.15) is 4.98 Å². The van der Waals surface area contributed by atoms with Crippen LogP contribution in [0.15, 0.2) is 48.5 Å². The highest BCUT2D eigenvalue weighted by molar-refractivity contribution is 6.30. The van der Waals surface area contributed by atoms with Crippen molar-refractivity contribution in [1.29, 1.82) is 0 Å². The largest absolute Gasteiger partial charge is 0.573 e. The second kappa shape index (κ2) is 11.3. The van der Waals surface area contributed by atoms with Crippen molar-refractivity contribution in [2.75, 3.05) is 39.5 Å². The lowest BCUT2D eigenvalue weighted by atomic mass is 10.2. The van der Waals surface area contributed by atoms with Crippen LogP contribution in [0.3, 0.4) is 0 Å². The summed E-state index contributed by atoms with van der Waals surface area (Å²) in [6.45, 7) is 1.21. The zero-order valence-corrected chi connectivity index (χ0v) is 20.1. The summed E-state index contributed by atoms with van der Waals surface area (Å²) in [6.07, 6.45) is -4.84. The highest BCUT2D eigenvalue weighted by atomic mass is 35.5. The van der Waals surface area contributed by atoms with Gasteiger partial charge in [0.25, 0.3) is 5.91 Å². The Labute approximate surface area is 205 Å². The number of rotatable bonds is 10. The van der Waals surface area contributed by atoms with E-state index < -0.39 is 12.1 Å². The third-order valence-corrected chi connectivity index (χ3v) is 4.98. The molecule has 0 radical (unpaired) electrons. The third-order valence-electron chi connectivity index (χ3n) is 4.73. The summed E-state index contributed by atoms with van der Waals surface area (Å²) in [6, 6.07) is 12.1. The van der Waals surface area contributed by atoms with E-state index in [1.807, 2.05) is 19.0 Å². The van der Waals surface area contributed by atoms with Crippen LogP contribution in [0, 0.1) is 0 Å². The molecule has 0 unspecified atom stereocenters. The molecule has 3 rings (SSSR count). The van der Waals surface area contributed by atoms with E-state index in [4.69, 9.17) is 16.3 Å². The number of amides is 1. The van der Waals surface area contributed by atoms with E-state index in [1.54, 1.807) is 31.3 Å². The zero-order chi connectivity index (χ0) is 25.6. The fourth-order valence-electron chi connectivity index (χ4n) is 3.15. The number of hydrogen-bond acceptors (Lipinski definition) is 6. The molecule has 0 spiro atoms. The van der Waals surface area contributed by atoms with Crippen LogP contribution < -0.4 is 20.1 Å². The predicted octanol–water partition coefficient (Wildman–Crippen LogP) is 4.61. The van der Waals surface area contributed by atoms with E-state index in [1.165, 1.54) is 16.7 Å². The maximum Gasteiger partial charge on any atom is 0.573 e. The second-order valence-corrected chi connectivity index (χ2v) is 8.17. The van der Waals surface area contributed by atoms with Crippen LogP contribution in [0.5, 0.6) is 17.5 Å². The molecule has 8 nitrogen and oxygen atoms in total. The maximum absolute atomic E-state index is 13.1. The number of hydrogen-bond donors (Lipinski definition) is 2. The van der Waals surface area contributed by atoms with Gasteiger partial charge in [0.15, 0.2) is 11.5 Å². The third kappa shape index (κ3) is 7.52. The van der Waals surface area contributed by atoms with Crippen molar-refractivity contribution >= 4 is 23.3 Å². The predicted molar refractivity (Wildman–Crippen MR) is 126 cm³/mol. The normalized spacial score (nSPS) is 11.4. The minimum Gasteiger partial charge on any atom is -0.425 e. The molecule has 1 aromatic heterocycles. The van der Waals surface area contributed by atoms with Crippen LogP contribution in [0.2, 0.25) is 5.02 Å². The Balaban J connectivity index is 1.98. The Bertz CT molecular complexity index is 1150. The average Bonchev–Trinajstić information content (AvgIpc) is 3.11. The second-order valence-electron chi connectivity index (χ2n) is 7.74. The Morgan fingerprint density at radius 2 is 1.83 bits per heavy atom. The summed E-state index contributed by atoms with van der Waals surface area (Å²) >= 11 is 5.99. The lowest BCUT2D eigenvalue weighted by molar-refractivity contribution is -0.274. The molecule has 35 heavy (non-hydrogen) atoms. The van der Waals surface area contributed by atoms with E-state index in [2.05, 4.69) is 20.4 Å². The molecular weight excluding hydrogens is 487 g/mol. The van der Waals surface area contributed by atoms with Gasteiger partial charge >= 0.3 is 12.4 Å². The fraction of sp³-hybridized carbons (Fsp3) is 0.304. The van der Waals surface area contributed by atoms with Crippen molar-refractivity contribution in [1.82, 2.24) is 19.8 Å². The molecular formula is C23H25ClF3N5O3. The van der Waals surface area contributed by atoms with Crippen LogP contribution in [-0.2, 0) is 6.54 Å². The van der Waals surface area contributed by atoms with Crippen molar-refractivity contribution in [3.8, 4) is 17.5 Å². The highest BCUT2D eigenvalue weighted by Crippen LogP contribution is 2.31. The minimum absolute atomic E-state index is 0.00576. The molecule has 0 fully saturated rings. The summed E-state index contributed by atoms with van der Waals surface area (Å²) < 4.78 is 49.2. The van der Waals surface area contributed by atoms with Crippen molar-refractivity contribution in [2.24, 2.45) is 0 Å². The number of carbonyl (C=O) groups is 1. The topological polar surface area (TPSA) is 80.7 Å². The average molecular weight is 512 g/mol. The van der Waals surface area contributed by atoms with Crippen LogP contribution >= 0.6 is 11.6 Å². The van der Waals surface area contributed by atoms with Crippen molar-refractivity contribution < 1.29 is 27.4 Å². The number of likely N-dealkylation sites (N-methyl/N-ethyl adjacent to an activating group) is 1. The first-order valence-electron chi connectivity index (χ1n) is 10.5. The van der Waals surface area contributed by atoms with Gasteiger partial charge in [-0.3, -0.25) is 9.36 Å². The molecule has 1 heterocycles. The minimum atomic E-state index is -4.84. The molecule has 0 atom stereocenters. The van der Waals surface area contributed by atoms with Crippen molar-refractivity contribution in [3.63, 3.8) is 0 Å². The SMILES string of the molecule is CNc1nc(Oc2cccc(OC(F)(F)F)c2)n(Cc2ccc(Cl)cc2)c1C(=O)NCCN(C)C. The Kier molecular flexibility index (Phi) is 8.47. The molecule has 0 aliphatic rings. The molecule has 0 aliphatic heterocycles. The van der Waals surface area contributed by atoms with Crippen LogP contribution in [0.25, 0.3) is 0 Å². The lowest BCUT2D eigenvalue weighted by Gasteiger charge is -2.15. The first-order chi connectivity index (χ1) is 16.6. The van der Waals surface area contributed by atoms with Gasteiger partial charge < -0.3 is 25.0 Å². The van der Waals surface area contributed by atoms with Gasteiger partial charge in [-0.05, 0) is 43.9 Å². The van der Waals surface area contributed by atoms with Gasteiger partial charge in [0.1, 0.15) is 11.5 Å². The van der Waals surface area contributed by atoms with Crippen molar-refractivity contribution in [2.45, 2.75) is 12.9 Å². The van der Waals surface area contributed by atoms with Gasteiger partial charge in [-0.1, -0.05) is 29.8 Å². The quantitative estimate of drug-likeness (QED) is 0.414. The van der Waals surface area contributed by atoms with Gasteiger partial charge in [-0.15, -0.1) is 13.2 Å². The molecule has 0 bridgehead atoms. The number of alkyl halides is 3. The molecule has 12 heteroatoms. The molecule has 1 amide bonds. The van der Waals surface area contributed by atoms with Crippen molar-refractivity contribution in [3.05, 3.63) is 64.8 Å². The zero-order valence-electron chi connectivity index (χ0n) is 19.3. The summed E-state index contributed by atoms with van der Waals surface area (Å²) in [5, 5.41) is 6.28. The van der Waals surface area contributed by atoms with E-state index >= 15 is 0 Å². The number of benzene rings is 2. The van der Waals surface area contributed by atoms with Gasteiger partial charge in [0.05, 0.1) is 6.54 Å². The Hall–Kier alpha value is -3.44. The lowest BCUT2D eigenvalue weighted by Crippen LogP contribution is -2.33. The smallest absolute Gasteiger partial charge is 0.425 e. The number of ether oxygens (including phenoxy) is 2. The Morgan fingerprint density at radius 1 is 1.14 bits per heavy atom. The van der Waals surface area contributed by atoms with Crippen LogP contribution in [-0.4, -0.2) is 61.0 Å². The van der Waals surface area contributed by atoms with Gasteiger partial charge in [-0.25, -0.2) is 0 Å². The molecule has 2 N–H and O–H groups in total. The molecule has 3 aromatic rings. The van der Waals surface area contributed by atoms with Gasteiger partial charge in [0.2, 0.25) is 0 Å². The van der Waals surface area contributed by atoms with E-state index in [9.17, 15) is 18.0 Å².